The van der Waals surface area contributed by atoms with Gasteiger partial charge in [-0.1, -0.05) is 12.1 Å². The molecule has 0 radical (unpaired) electrons. The lowest BCUT2D eigenvalue weighted by molar-refractivity contribution is 0.145. The van der Waals surface area contributed by atoms with E-state index in [1.807, 2.05) is 25.1 Å². The van der Waals surface area contributed by atoms with Crippen LogP contribution in [0.2, 0.25) is 0 Å². The summed E-state index contributed by atoms with van der Waals surface area (Å²) in [5.41, 5.74) is 1.20. The number of ether oxygens (including phenoxy) is 2. The highest BCUT2D eigenvalue weighted by Gasteiger charge is 1.98. The summed E-state index contributed by atoms with van der Waals surface area (Å²) >= 11 is 0. The Morgan fingerprint density at radius 1 is 1.18 bits per heavy atom. The predicted molar refractivity (Wildman–Crippen MR) is 103 cm³/mol. The van der Waals surface area contributed by atoms with Gasteiger partial charge < -0.3 is 20.1 Å². The third-order valence-electron chi connectivity index (χ3n) is 2.84. The first kappa shape index (κ1) is 21.0. The second-order valence-corrected chi connectivity index (χ2v) is 4.64. The summed E-state index contributed by atoms with van der Waals surface area (Å²) in [6.45, 7) is 7.75. The molecule has 0 unspecified atom stereocenters. The van der Waals surface area contributed by atoms with Crippen molar-refractivity contribution in [2.45, 2.75) is 20.3 Å². The van der Waals surface area contributed by atoms with Gasteiger partial charge in [0.15, 0.2) is 5.96 Å². The molecule has 0 spiro atoms. The molecule has 1 aromatic rings. The molecule has 1 aromatic carbocycles. The minimum absolute atomic E-state index is 0. The average Bonchev–Trinajstić information content (AvgIpc) is 2.49. The van der Waals surface area contributed by atoms with Gasteiger partial charge in [-0.2, -0.15) is 0 Å². The minimum atomic E-state index is 0. The summed E-state index contributed by atoms with van der Waals surface area (Å²) < 4.78 is 11.0. The van der Waals surface area contributed by atoms with Crippen molar-refractivity contribution in [1.82, 2.24) is 10.6 Å². The fraction of sp³-hybridized carbons (Fsp3) is 0.562. The fourth-order valence-electron chi connectivity index (χ4n) is 1.79. The second-order valence-electron chi connectivity index (χ2n) is 4.64. The Hall–Kier alpha value is -1.02. The van der Waals surface area contributed by atoms with Crippen LogP contribution in [0.1, 0.15) is 18.9 Å². The van der Waals surface area contributed by atoms with Gasteiger partial charge >= 0.3 is 0 Å². The summed E-state index contributed by atoms with van der Waals surface area (Å²) in [5, 5.41) is 6.46. The second kappa shape index (κ2) is 13.6. The lowest BCUT2D eigenvalue weighted by Gasteiger charge is -2.12. The number of hydrogen-bond donors (Lipinski definition) is 2. The van der Waals surface area contributed by atoms with Crippen LogP contribution in [-0.2, 0) is 4.74 Å². The molecule has 5 nitrogen and oxygen atoms in total. The Balaban J connectivity index is 0.00000441. The van der Waals surface area contributed by atoms with Gasteiger partial charge in [0.2, 0.25) is 0 Å². The maximum Gasteiger partial charge on any atom is 0.191 e. The Bertz CT molecular complexity index is 428. The van der Waals surface area contributed by atoms with E-state index in [1.54, 1.807) is 7.05 Å². The topological polar surface area (TPSA) is 54.9 Å². The summed E-state index contributed by atoms with van der Waals surface area (Å²) in [7, 11) is 1.76. The van der Waals surface area contributed by atoms with E-state index >= 15 is 0 Å². The molecule has 0 aromatic heterocycles. The van der Waals surface area contributed by atoms with Crippen LogP contribution >= 0.6 is 24.0 Å². The van der Waals surface area contributed by atoms with Crippen molar-refractivity contribution in [2.24, 2.45) is 4.99 Å². The fourth-order valence-corrected chi connectivity index (χ4v) is 1.79. The molecule has 0 aliphatic carbocycles. The van der Waals surface area contributed by atoms with Gasteiger partial charge in [0.05, 0.1) is 6.54 Å². The van der Waals surface area contributed by atoms with E-state index in [0.29, 0.717) is 13.2 Å². The van der Waals surface area contributed by atoms with Crippen LogP contribution in [-0.4, -0.2) is 45.9 Å². The first-order valence-corrected chi connectivity index (χ1v) is 7.48. The molecule has 0 heterocycles. The number of halogens is 1. The van der Waals surface area contributed by atoms with Crippen molar-refractivity contribution >= 4 is 29.9 Å². The third-order valence-corrected chi connectivity index (χ3v) is 2.84. The number of nitrogens with one attached hydrogen (secondary N) is 2. The molecule has 2 N–H and O–H groups in total. The first-order valence-electron chi connectivity index (χ1n) is 7.48. The molecule has 1 rings (SSSR count). The monoisotopic (exact) mass is 421 g/mol. The Kier molecular flexibility index (Phi) is 13.0. The van der Waals surface area contributed by atoms with Gasteiger partial charge in [-0.3, -0.25) is 4.99 Å². The van der Waals surface area contributed by atoms with Gasteiger partial charge in [0.1, 0.15) is 12.4 Å². The molecule has 0 aliphatic heterocycles. The van der Waals surface area contributed by atoms with Crippen molar-refractivity contribution < 1.29 is 9.47 Å². The van der Waals surface area contributed by atoms with E-state index in [0.717, 1.165) is 37.9 Å². The van der Waals surface area contributed by atoms with Gasteiger partial charge in [0.25, 0.3) is 0 Å². The number of aryl methyl sites for hydroxylation is 1. The lowest BCUT2D eigenvalue weighted by atomic mass is 10.2. The van der Waals surface area contributed by atoms with E-state index in [2.05, 4.69) is 28.6 Å². The number of benzene rings is 1. The smallest absolute Gasteiger partial charge is 0.191 e. The molecule has 0 amide bonds. The van der Waals surface area contributed by atoms with E-state index in [-0.39, 0.29) is 24.0 Å². The Labute approximate surface area is 150 Å². The molecule has 22 heavy (non-hydrogen) atoms. The van der Waals surface area contributed by atoms with Crippen LogP contribution in [0.15, 0.2) is 29.3 Å². The van der Waals surface area contributed by atoms with Crippen molar-refractivity contribution in [2.75, 3.05) is 40.0 Å². The highest BCUT2D eigenvalue weighted by molar-refractivity contribution is 14.0. The maximum absolute atomic E-state index is 5.67. The van der Waals surface area contributed by atoms with Crippen molar-refractivity contribution in [3.63, 3.8) is 0 Å². The van der Waals surface area contributed by atoms with E-state index in [1.165, 1.54) is 5.56 Å². The zero-order valence-corrected chi connectivity index (χ0v) is 16.1. The molecule has 0 fully saturated rings. The van der Waals surface area contributed by atoms with Crippen molar-refractivity contribution in [3.05, 3.63) is 29.8 Å². The predicted octanol–water partition coefficient (Wildman–Crippen LogP) is 2.58. The summed E-state index contributed by atoms with van der Waals surface area (Å²) in [5.74, 6) is 1.69. The number of rotatable bonds is 9. The summed E-state index contributed by atoms with van der Waals surface area (Å²) in [6.07, 6.45) is 0.967. The van der Waals surface area contributed by atoms with Gasteiger partial charge in [0, 0.05) is 26.8 Å². The normalized spacial score (nSPS) is 10.8. The zero-order chi connectivity index (χ0) is 15.3. The standard InChI is InChI=1S/C16H27N3O2.HI/c1-4-20-11-6-9-18-16(17-3)19-10-12-21-15-8-5-7-14(2)13-15;/h5,7-8,13H,4,6,9-12H2,1-3H3,(H2,17,18,19);1H. The van der Waals surface area contributed by atoms with Gasteiger partial charge in [-0.05, 0) is 38.0 Å². The SMILES string of the molecule is CCOCCCNC(=NC)NCCOc1cccc(C)c1.I. The van der Waals surface area contributed by atoms with Crippen LogP contribution in [0, 0.1) is 6.92 Å². The number of aliphatic imine (C=N–C) groups is 1. The average molecular weight is 421 g/mol. The quantitative estimate of drug-likeness (QED) is 0.279. The minimum Gasteiger partial charge on any atom is -0.492 e. The summed E-state index contributed by atoms with van der Waals surface area (Å²) in [4.78, 5) is 4.16. The molecule has 6 heteroatoms. The lowest BCUT2D eigenvalue weighted by Crippen LogP contribution is -2.39. The van der Waals surface area contributed by atoms with E-state index in [9.17, 15) is 0 Å². The Morgan fingerprint density at radius 3 is 2.64 bits per heavy atom. The summed E-state index contributed by atoms with van der Waals surface area (Å²) in [6, 6.07) is 8.05. The maximum atomic E-state index is 5.67. The first-order chi connectivity index (χ1) is 10.3. The molecule has 0 atom stereocenters. The van der Waals surface area contributed by atoms with Crippen LogP contribution in [0.3, 0.4) is 0 Å². The van der Waals surface area contributed by atoms with Crippen LogP contribution in [0.4, 0.5) is 0 Å². The molecular weight excluding hydrogens is 393 g/mol. The highest BCUT2D eigenvalue weighted by atomic mass is 127. The van der Waals surface area contributed by atoms with Crippen molar-refractivity contribution in [3.8, 4) is 5.75 Å². The van der Waals surface area contributed by atoms with Crippen molar-refractivity contribution in [1.29, 1.82) is 0 Å². The largest absolute Gasteiger partial charge is 0.492 e. The Morgan fingerprint density at radius 2 is 1.95 bits per heavy atom. The molecular formula is C16H28IN3O2. The molecule has 0 bridgehead atoms. The molecule has 126 valence electrons. The van der Waals surface area contributed by atoms with Crippen LogP contribution < -0.4 is 15.4 Å². The molecule has 0 aliphatic rings. The van der Waals surface area contributed by atoms with E-state index in [4.69, 9.17) is 9.47 Å². The van der Waals surface area contributed by atoms with Crippen LogP contribution in [0.25, 0.3) is 0 Å². The number of hydrogen-bond acceptors (Lipinski definition) is 3. The van der Waals surface area contributed by atoms with E-state index < -0.39 is 0 Å². The van der Waals surface area contributed by atoms with Crippen LogP contribution in [0.5, 0.6) is 5.75 Å². The van der Waals surface area contributed by atoms with Gasteiger partial charge in [-0.25, -0.2) is 0 Å². The number of nitrogens with zero attached hydrogens (tertiary/aromatic N) is 1. The van der Waals surface area contributed by atoms with Gasteiger partial charge in [-0.15, -0.1) is 24.0 Å². The highest BCUT2D eigenvalue weighted by Crippen LogP contribution is 2.11. The molecule has 0 saturated carbocycles. The number of guanidine groups is 1. The zero-order valence-electron chi connectivity index (χ0n) is 13.7. The third kappa shape index (κ3) is 9.83. The molecule has 0 saturated heterocycles.